The Morgan fingerprint density at radius 3 is 1.41 bits per heavy atom. The Balaban J connectivity index is 1.29. The molecule has 0 aromatic rings. The Labute approximate surface area is 239 Å². The third-order valence-corrected chi connectivity index (χ3v) is 8.11. The van der Waals surface area contributed by atoms with Gasteiger partial charge in [-0.25, -0.2) is 0 Å². The molecule has 2 fully saturated rings. The number of carbonyl (C=O) groups excluding carboxylic acids is 2. The first-order valence-electron chi connectivity index (χ1n) is 16.7. The van der Waals surface area contributed by atoms with Gasteiger partial charge in [0.05, 0.1) is 24.4 Å². The highest BCUT2D eigenvalue weighted by atomic mass is 16.6. The van der Waals surface area contributed by atoms with E-state index in [0.717, 1.165) is 25.7 Å². The molecule has 2 heterocycles. The van der Waals surface area contributed by atoms with Crippen LogP contribution in [0.15, 0.2) is 0 Å². The van der Waals surface area contributed by atoms with Crippen LogP contribution in [0.3, 0.4) is 0 Å². The van der Waals surface area contributed by atoms with Gasteiger partial charge in [-0.2, -0.15) is 0 Å². The fourth-order valence-electron chi connectivity index (χ4n) is 5.43. The molecule has 2 saturated heterocycles. The van der Waals surface area contributed by atoms with Crippen molar-refractivity contribution in [2.24, 2.45) is 0 Å². The lowest BCUT2D eigenvalue weighted by Gasteiger charge is -2.13. The van der Waals surface area contributed by atoms with Crippen LogP contribution < -0.4 is 0 Å². The molecule has 0 radical (unpaired) electrons. The van der Waals surface area contributed by atoms with Crippen molar-refractivity contribution in [2.75, 3.05) is 6.61 Å². The number of hydrogen-bond donors (Lipinski definition) is 0. The highest BCUT2D eigenvalue weighted by Crippen LogP contribution is 2.32. The SMILES string of the molecule is CCCCC1OC1CCCCCCCCC(=O)OCC(C)OC(=O)CCCCCCCCC1OC1CCCC. The molecule has 39 heavy (non-hydrogen) atoms. The second-order valence-electron chi connectivity index (χ2n) is 12.0. The van der Waals surface area contributed by atoms with Crippen LogP contribution >= 0.6 is 0 Å². The summed E-state index contributed by atoms with van der Waals surface area (Å²) in [6.45, 7) is 6.40. The number of esters is 2. The van der Waals surface area contributed by atoms with Gasteiger partial charge in [-0.05, 0) is 45.4 Å². The Hall–Kier alpha value is -1.14. The first-order valence-corrected chi connectivity index (χ1v) is 16.7. The molecule has 2 aliphatic rings. The van der Waals surface area contributed by atoms with Crippen LogP contribution in [0, 0.1) is 0 Å². The van der Waals surface area contributed by atoms with Crippen molar-refractivity contribution in [3.63, 3.8) is 0 Å². The molecule has 0 aliphatic carbocycles. The summed E-state index contributed by atoms with van der Waals surface area (Å²) in [6, 6.07) is 0. The molecule has 0 N–H and O–H groups in total. The molecule has 2 aliphatic heterocycles. The Morgan fingerprint density at radius 2 is 0.949 bits per heavy atom. The Kier molecular flexibility index (Phi) is 18.9. The number of carbonyl (C=O) groups is 2. The summed E-state index contributed by atoms with van der Waals surface area (Å²) in [4.78, 5) is 24.0. The van der Waals surface area contributed by atoms with Gasteiger partial charge >= 0.3 is 11.9 Å². The summed E-state index contributed by atoms with van der Waals surface area (Å²) in [7, 11) is 0. The fourth-order valence-corrected chi connectivity index (χ4v) is 5.43. The summed E-state index contributed by atoms with van der Waals surface area (Å²) in [5, 5.41) is 0. The fraction of sp³-hybridized carbons (Fsp3) is 0.939. The van der Waals surface area contributed by atoms with E-state index in [1.54, 1.807) is 6.92 Å². The molecule has 0 amide bonds. The quantitative estimate of drug-likeness (QED) is 0.0577. The number of unbranched alkanes of at least 4 members (excludes halogenated alkanes) is 12. The van der Waals surface area contributed by atoms with Gasteiger partial charge in [0.1, 0.15) is 12.7 Å². The molecule has 6 nitrogen and oxygen atoms in total. The van der Waals surface area contributed by atoms with E-state index in [9.17, 15) is 9.59 Å². The van der Waals surface area contributed by atoms with Crippen molar-refractivity contribution in [3.05, 3.63) is 0 Å². The predicted octanol–water partition coefficient (Wildman–Crippen LogP) is 8.62. The molecule has 6 heteroatoms. The zero-order valence-electron chi connectivity index (χ0n) is 25.6. The minimum Gasteiger partial charge on any atom is -0.462 e. The van der Waals surface area contributed by atoms with Gasteiger partial charge in [0.15, 0.2) is 0 Å². The summed E-state index contributed by atoms with van der Waals surface area (Å²) < 4.78 is 22.2. The molecule has 5 unspecified atom stereocenters. The van der Waals surface area contributed by atoms with Crippen molar-refractivity contribution in [3.8, 4) is 0 Å². The van der Waals surface area contributed by atoms with Crippen molar-refractivity contribution in [2.45, 2.75) is 193 Å². The molecule has 228 valence electrons. The normalized spacial score (nSPS) is 22.4. The van der Waals surface area contributed by atoms with Gasteiger partial charge in [-0.15, -0.1) is 0 Å². The summed E-state index contributed by atoms with van der Waals surface area (Å²) >= 11 is 0. The minimum atomic E-state index is -0.385. The number of hydrogen-bond acceptors (Lipinski definition) is 6. The molecule has 0 saturated carbocycles. The lowest BCUT2D eigenvalue weighted by molar-refractivity contribution is -0.158. The molecule has 5 atom stereocenters. The van der Waals surface area contributed by atoms with Gasteiger partial charge in [0, 0.05) is 12.8 Å². The van der Waals surface area contributed by atoms with E-state index in [-0.39, 0.29) is 24.6 Å². The number of epoxide rings is 2. The highest BCUT2D eigenvalue weighted by molar-refractivity contribution is 5.70. The molecule has 0 aromatic heterocycles. The minimum absolute atomic E-state index is 0.150. The first kappa shape index (κ1) is 34.1. The molecule has 0 aromatic carbocycles. The zero-order valence-corrected chi connectivity index (χ0v) is 25.6. The van der Waals surface area contributed by atoms with E-state index in [4.69, 9.17) is 18.9 Å². The maximum Gasteiger partial charge on any atom is 0.306 e. The summed E-state index contributed by atoms with van der Waals surface area (Å²) in [5.74, 6) is -0.376. The van der Waals surface area contributed by atoms with Crippen LogP contribution in [0.1, 0.15) is 162 Å². The molecule has 0 bridgehead atoms. The van der Waals surface area contributed by atoms with Crippen LogP contribution in [0.25, 0.3) is 0 Å². The van der Waals surface area contributed by atoms with Crippen molar-refractivity contribution >= 4 is 11.9 Å². The lowest BCUT2D eigenvalue weighted by atomic mass is 10.0. The molecular weight excluding hydrogens is 492 g/mol. The van der Waals surface area contributed by atoms with Crippen LogP contribution in [0.2, 0.25) is 0 Å². The number of rotatable bonds is 27. The second-order valence-corrected chi connectivity index (χ2v) is 12.0. The van der Waals surface area contributed by atoms with Crippen LogP contribution in [-0.4, -0.2) is 49.1 Å². The average molecular weight is 553 g/mol. The standard InChI is InChI=1S/C33H60O6/c1-4-6-20-28-30(38-28)22-16-12-8-10-14-18-24-32(34)36-26-27(3)37-33(35)25-19-15-11-9-13-17-23-31-29(39-31)21-7-5-2/h27-31H,4-26H2,1-3H3. The van der Waals surface area contributed by atoms with E-state index >= 15 is 0 Å². The van der Waals surface area contributed by atoms with Crippen LogP contribution in [-0.2, 0) is 28.5 Å². The topological polar surface area (TPSA) is 77.7 Å². The Bertz CT molecular complexity index is 638. The van der Waals surface area contributed by atoms with Crippen molar-refractivity contribution < 1.29 is 28.5 Å². The van der Waals surface area contributed by atoms with E-state index in [1.807, 2.05) is 0 Å². The largest absolute Gasteiger partial charge is 0.462 e. The monoisotopic (exact) mass is 552 g/mol. The van der Waals surface area contributed by atoms with Crippen molar-refractivity contribution in [1.29, 1.82) is 0 Å². The zero-order chi connectivity index (χ0) is 28.1. The predicted molar refractivity (Wildman–Crippen MR) is 157 cm³/mol. The van der Waals surface area contributed by atoms with Gasteiger partial charge in [0.25, 0.3) is 0 Å². The first-order chi connectivity index (χ1) is 19.0. The maximum atomic E-state index is 12.1. The van der Waals surface area contributed by atoms with Gasteiger partial charge in [0.2, 0.25) is 0 Å². The second kappa shape index (κ2) is 21.6. The number of ether oxygens (including phenoxy) is 4. The van der Waals surface area contributed by atoms with E-state index in [1.165, 1.54) is 103 Å². The van der Waals surface area contributed by atoms with Crippen LogP contribution in [0.4, 0.5) is 0 Å². The van der Waals surface area contributed by atoms with E-state index in [2.05, 4.69) is 13.8 Å². The van der Waals surface area contributed by atoms with E-state index < -0.39 is 0 Å². The summed E-state index contributed by atoms with van der Waals surface area (Å²) in [5.41, 5.74) is 0. The summed E-state index contributed by atoms with van der Waals surface area (Å²) in [6.07, 6.45) is 26.3. The third-order valence-electron chi connectivity index (χ3n) is 8.11. The van der Waals surface area contributed by atoms with Crippen LogP contribution in [0.5, 0.6) is 0 Å². The smallest absolute Gasteiger partial charge is 0.306 e. The molecule has 2 rings (SSSR count). The molecule has 0 spiro atoms. The lowest BCUT2D eigenvalue weighted by Crippen LogP contribution is -2.22. The molecular formula is C33H60O6. The van der Waals surface area contributed by atoms with Gasteiger partial charge in [-0.3, -0.25) is 9.59 Å². The van der Waals surface area contributed by atoms with Gasteiger partial charge < -0.3 is 18.9 Å². The van der Waals surface area contributed by atoms with E-state index in [0.29, 0.717) is 37.3 Å². The van der Waals surface area contributed by atoms with Crippen molar-refractivity contribution in [1.82, 2.24) is 0 Å². The Morgan fingerprint density at radius 1 is 0.564 bits per heavy atom. The van der Waals surface area contributed by atoms with Gasteiger partial charge in [-0.1, -0.05) is 104 Å². The average Bonchev–Trinajstić information content (AvgIpc) is 3.85. The maximum absolute atomic E-state index is 12.1. The third kappa shape index (κ3) is 18.0. The highest BCUT2D eigenvalue weighted by Gasteiger charge is 2.37.